The average Bonchev–Trinajstić information content (AvgIpc) is 3.31. The van der Waals surface area contributed by atoms with Gasteiger partial charge in [0, 0.05) is 23.8 Å². The summed E-state index contributed by atoms with van der Waals surface area (Å²) >= 11 is 13.3. The van der Waals surface area contributed by atoms with Crippen LogP contribution in [0.3, 0.4) is 0 Å². The van der Waals surface area contributed by atoms with Crippen LogP contribution in [0.1, 0.15) is 6.42 Å². The van der Waals surface area contributed by atoms with E-state index in [4.69, 9.17) is 23.2 Å². The van der Waals surface area contributed by atoms with E-state index in [2.05, 4.69) is 15.3 Å². The quantitative estimate of drug-likeness (QED) is 0.615. The van der Waals surface area contributed by atoms with Crippen molar-refractivity contribution in [3.8, 4) is 11.4 Å². The third-order valence-electron chi connectivity index (χ3n) is 4.40. The van der Waals surface area contributed by atoms with E-state index in [0.717, 1.165) is 5.69 Å². The Morgan fingerprint density at radius 3 is 2.79 bits per heavy atom. The summed E-state index contributed by atoms with van der Waals surface area (Å²) in [6.07, 6.45) is 2.10. The molecule has 2 aromatic heterocycles. The molecule has 3 aromatic rings. The summed E-state index contributed by atoms with van der Waals surface area (Å²) in [5, 5.41) is 5.78. The lowest BCUT2D eigenvalue weighted by Gasteiger charge is -2.17. The molecule has 28 heavy (non-hydrogen) atoms. The summed E-state index contributed by atoms with van der Waals surface area (Å²) in [5.74, 6) is -1.40. The zero-order valence-electron chi connectivity index (χ0n) is 14.4. The largest absolute Gasteiger partial charge is 0.312 e. The van der Waals surface area contributed by atoms with Gasteiger partial charge < -0.3 is 10.2 Å². The molecular weight excluding hydrogens is 419 g/mol. The first-order valence-corrected chi connectivity index (χ1v) is 10.1. The van der Waals surface area contributed by atoms with Crippen LogP contribution in [0.15, 0.2) is 48.0 Å². The molecule has 1 atom stereocenters. The fraction of sp³-hybridized carbons (Fsp3) is 0.158. The fourth-order valence-corrected chi connectivity index (χ4v) is 3.99. The van der Waals surface area contributed by atoms with Gasteiger partial charge in [0.1, 0.15) is 11.6 Å². The van der Waals surface area contributed by atoms with E-state index in [0.29, 0.717) is 39.5 Å². The van der Waals surface area contributed by atoms with E-state index in [1.807, 2.05) is 23.6 Å². The van der Waals surface area contributed by atoms with Crippen LogP contribution in [0.5, 0.6) is 0 Å². The summed E-state index contributed by atoms with van der Waals surface area (Å²) < 4.78 is 0. The van der Waals surface area contributed by atoms with Gasteiger partial charge in [-0.2, -0.15) is 0 Å². The Morgan fingerprint density at radius 2 is 2.04 bits per heavy atom. The molecule has 0 aliphatic carbocycles. The monoisotopic (exact) mass is 432 g/mol. The number of benzene rings is 1. The van der Waals surface area contributed by atoms with Gasteiger partial charge in [0.15, 0.2) is 5.13 Å². The Kier molecular flexibility index (Phi) is 5.30. The van der Waals surface area contributed by atoms with E-state index < -0.39 is 5.92 Å². The van der Waals surface area contributed by atoms with Gasteiger partial charge in [-0.3, -0.25) is 14.6 Å². The van der Waals surface area contributed by atoms with E-state index in [1.165, 1.54) is 11.3 Å². The van der Waals surface area contributed by atoms with Gasteiger partial charge in [0.25, 0.3) is 0 Å². The predicted molar refractivity (Wildman–Crippen MR) is 111 cm³/mol. The average molecular weight is 433 g/mol. The van der Waals surface area contributed by atoms with Gasteiger partial charge in [-0.15, -0.1) is 11.3 Å². The SMILES string of the molecule is O=C(Nc1nc(-c2ccccn2)cs1)C1CCN(c2ccc(Cl)c(Cl)c2)C1=O. The summed E-state index contributed by atoms with van der Waals surface area (Å²) in [5.41, 5.74) is 2.03. The smallest absolute Gasteiger partial charge is 0.239 e. The Morgan fingerprint density at radius 1 is 1.18 bits per heavy atom. The highest BCUT2D eigenvalue weighted by molar-refractivity contribution is 7.14. The number of amides is 2. The van der Waals surface area contributed by atoms with Crippen molar-refractivity contribution in [3.63, 3.8) is 0 Å². The van der Waals surface area contributed by atoms with Crippen molar-refractivity contribution in [2.45, 2.75) is 6.42 Å². The molecule has 1 N–H and O–H groups in total. The number of anilines is 2. The van der Waals surface area contributed by atoms with Crippen LogP contribution >= 0.6 is 34.5 Å². The van der Waals surface area contributed by atoms with Crippen molar-refractivity contribution in [2.24, 2.45) is 5.92 Å². The lowest BCUT2D eigenvalue weighted by molar-refractivity contribution is -0.129. The van der Waals surface area contributed by atoms with Crippen molar-refractivity contribution in [3.05, 3.63) is 58.0 Å². The molecule has 1 unspecified atom stereocenters. The molecular formula is C19H14Cl2N4O2S. The van der Waals surface area contributed by atoms with Gasteiger partial charge in [-0.05, 0) is 36.8 Å². The minimum atomic E-state index is -0.767. The number of hydrogen-bond acceptors (Lipinski definition) is 5. The molecule has 6 nitrogen and oxygen atoms in total. The second kappa shape index (κ2) is 7.87. The van der Waals surface area contributed by atoms with Crippen molar-refractivity contribution < 1.29 is 9.59 Å². The molecule has 2 amide bonds. The number of nitrogens with one attached hydrogen (secondary N) is 1. The summed E-state index contributed by atoms with van der Waals surface area (Å²) in [6.45, 7) is 0.436. The topological polar surface area (TPSA) is 75.2 Å². The number of aromatic nitrogens is 2. The second-order valence-electron chi connectivity index (χ2n) is 6.17. The number of carbonyl (C=O) groups excluding carboxylic acids is 2. The van der Waals surface area contributed by atoms with Crippen molar-refractivity contribution in [2.75, 3.05) is 16.8 Å². The van der Waals surface area contributed by atoms with Crippen LogP contribution in [0, 0.1) is 5.92 Å². The molecule has 1 saturated heterocycles. The first-order valence-electron chi connectivity index (χ1n) is 8.47. The molecule has 4 rings (SSSR count). The van der Waals surface area contributed by atoms with Crippen molar-refractivity contribution >= 4 is 57.2 Å². The van der Waals surface area contributed by atoms with Crippen LogP contribution in [0.4, 0.5) is 10.8 Å². The van der Waals surface area contributed by atoms with E-state index in [9.17, 15) is 9.59 Å². The molecule has 0 spiro atoms. The van der Waals surface area contributed by atoms with Gasteiger partial charge in [0.05, 0.1) is 15.7 Å². The number of thiazole rings is 1. The zero-order chi connectivity index (χ0) is 19.7. The molecule has 1 fully saturated rings. The van der Waals surface area contributed by atoms with E-state index in [1.54, 1.807) is 29.3 Å². The van der Waals surface area contributed by atoms with E-state index >= 15 is 0 Å². The number of carbonyl (C=O) groups is 2. The molecule has 0 bridgehead atoms. The van der Waals surface area contributed by atoms with Crippen LogP contribution < -0.4 is 10.2 Å². The fourth-order valence-electron chi connectivity index (χ4n) is 2.99. The Labute approximate surface area is 175 Å². The molecule has 0 radical (unpaired) electrons. The molecule has 1 aromatic carbocycles. The van der Waals surface area contributed by atoms with Crippen molar-refractivity contribution in [1.82, 2.24) is 9.97 Å². The Balaban J connectivity index is 1.45. The van der Waals surface area contributed by atoms with Crippen LogP contribution in [-0.2, 0) is 9.59 Å². The standard InChI is InChI=1S/C19H14Cl2N4O2S/c20-13-5-4-11(9-14(13)21)25-8-6-12(18(25)27)17(26)24-19-23-16(10-28-19)15-3-1-2-7-22-15/h1-5,7,9-10,12H,6,8H2,(H,23,24,26). The van der Waals surface area contributed by atoms with Crippen LogP contribution in [-0.4, -0.2) is 28.3 Å². The normalized spacial score (nSPS) is 16.4. The highest BCUT2D eigenvalue weighted by Gasteiger charge is 2.38. The predicted octanol–water partition coefficient (Wildman–Crippen LogP) is 4.50. The highest BCUT2D eigenvalue weighted by atomic mass is 35.5. The molecule has 3 heterocycles. The first kappa shape index (κ1) is 18.9. The molecule has 9 heteroatoms. The first-order chi connectivity index (χ1) is 13.5. The number of pyridine rings is 1. The third-order valence-corrected chi connectivity index (χ3v) is 5.90. The van der Waals surface area contributed by atoms with Gasteiger partial charge >= 0.3 is 0 Å². The summed E-state index contributed by atoms with van der Waals surface area (Å²) in [7, 11) is 0. The molecule has 1 aliphatic rings. The summed E-state index contributed by atoms with van der Waals surface area (Å²) in [6, 6.07) is 10.5. The molecule has 1 aliphatic heterocycles. The second-order valence-corrected chi connectivity index (χ2v) is 7.84. The van der Waals surface area contributed by atoms with Gasteiger partial charge in [0.2, 0.25) is 11.8 Å². The van der Waals surface area contributed by atoms with Crippen molar-refractivity contribution in [1.29, 1.82) is 0 Å². The van der Waals surface area contributed by atoms with Gasteiger partial charge in [-0.25, -0.2) is 4.98 Å². The number of nitrogens with zero attached hydrogens (tertiary/aromatic N) is 3. The molecule has 142 valence electrons. The minimum absolute atomic E-state index is 0.266. The maximum Gasteiger partial charge on any atom is 0.239 e. The number of hydrogen-bond donors (Lipinski definition) is 1. The Bertz CT molecular complexity index is 1040. The minimum Gasteiger partial charge on any atom is -0.312 e. The van der Waals surface area contributed by atoms with Gasteiger partial charge in [-0.1, -0.05) is 29.3 Å². The zero-order valence-corrected chi connectivity index (χ0v) is 16.8. The highest BCUT2D eigenvalue weighted by Crippen LogP contribution is 2.32. The van der Waals surface area contributed by atoms with Crippen LogP contribution in [0.25, 0.3) is 11.4 Å². The maximum atomic E-state index is 12.7. The number of rotatable bonds is 4. The van der Waals surface area contributed by atoms with Crippen LogP contribution in [0.2, 0.25) is 10.0 Å². The Hall–Kier alpha value is -2.48. The van der Waals surface area contributed by atoms with E-state index in [-0.39, 0.29) is 11.8 Å². The summed E-state index contributed by atoms with van der Waals surface area (Å²) in [4.78, 5) is 35.5. The third kappa shape index (κ3) is 3.73. The maximum absolute atomic E-state index is 12.7. The lowest BCUT2D eigenvalue weighted by atomic mass is 10.1. The molecule has 0 saturated carbocycles. The number of halogens is 2. The lowest BCUT2D eigenvalue weighted by Crippen LogP contribution is -2.33.